The van der Waals surface area contributed by atoms with Gasteiger partial charge in [0, 0.05) is 23.6 Å². The summed E-state index contributed by atoms with van der Waals surface area (Å²) in [5.74, 6) is 2.28. The molecule has 24 heavy (non-hydrogen) atoms. The average Bonchev–Trinajstić information content (AvgIpc) is 2.94. The van der Waals surface area contributed by atoms with Crippen molar-refractivity contribution >= 4 is 0 Å². The van der Waals surface area contributed by atoms with Crippen molar-refractivity contribution in [1.82, 2.24) is 4.90 Å². The number of nitrogens with zero attached hydrogens (tertiary/aromatic N) is 1. The number of ether oxygens (including phenoxy) is 2. The summed E-state index contributed by atoms with van der Waals surface area (Å²) in [5.41, 5.74) is 2.71. The van der Waals surface area contributed by atoms with E-state index in [1.54, 1.807) is 7.11 Å². The summed E-state index contributed by atoms with van der Waals surface area (Å²) in [6.07, 6.45) is 5.56. The highest BCUT2D eigenvalue weighted by Gasteiger charge is 2.65. The van der Waals surface area contributed by atoms with Gasteiger partial charge in [-0.15, -0.1) is 6.58 Å². The Hall–Kier alpha value is -1.52. The summed E-state index contributed by atoms with van der Waals surface area (Å²) in [6.45, 7) is 5.94. The van der Waals surface area contributed by atoms with Crippen molar-refractivity contribution in [3.8, 4) is 11.5 Å². The lowest BCUT2D eigenvalue weighted by molar-refractivity contribution is -0.102. The zero-order chi connectivity index (χ0) is 16.5. The Morgan fingerprint density at radius 2 is 2.33 bits per heavy atom. The van der Waals surface area contributed by atoms with E-state index in [2.05, 4.69) is 17.5 Å². The van der Waals surface area contributed by atoms with Gasteiger partial charge in [0.05, 0.1) is 13.2 Å². The molecule has 2 fully saturated rings. The first-order valence-electron chi connectivity index (χ1n) is 9.10. The van der Waals surface area contributed by atoms with Gasteiger partial charge in [-0.2, -0.15) is 0 Å². The van der Waals surface area contributed by atoms with Gasteiger partial charge in [-0.25, -0.2) is 0 Å². The van der Waals surface area contributed by atoms with Crippen LogP contribution in [0.4, 0.5) is 0 Å². The molecule has 0 radical (unpaired) electrons. The van der Waals surface area contributed by atoms with Gasteiger partial charge in [-0.3, -0.25) is 4.90 Å². The van der Waals surface area contributed by atoms with E-state index in [-0.39, 0.29) is 17.6 Å². The van der Waals surface area contributed by atoms with Crippen molar-refractivity contribution in [3.05, 3.63) is 35.9 Å². The number of methoxy groups -OCH3 is 1. The van der Waals surface area contributed by atoms with Gasteiger partial charge < -0.3 is 14.6 Å². The number of likely N-dealkylation sites (tertiary alicyclic amines) is 1. The van der Waals surface area contributed by atoms with Crippen LogP contribution in [0, 0.1) is 5.92 Å². The molecule has 1 N–H and O–H groups in total. The Labute approximate surface area is 143 Å². The molecule has 2 heterocycles. The molecule has 1 saturated carbocycles. The zero-order valence-corrected chi connectivity index (χ0v) is 14.2. The van der Waals surface area contributed by atoms with Crippen molar-refractivity contribution in [2.75, 3.05) is 20.2 Å². The van der Waals surface area contributed by atoms with Gasteiger partial charge in [-0.1, -0.05) is 12.1 Å². The first-order valence-corrected chi connectivity index (χ1v) is 9.10. The molecular formula is C20H25NO3. The van der Waals surface area contributed by atoms with E-state index in [0.717, 1.165) is 50.3 Å². The van der Waals surface area contributed by atoms with E-state index in [4.69, 9.17) is 9.47 Å². The van der Waals surface area contributed by atoms with Gasteiger partial charge in [0.15, 0.2) is 11.5 Å². The second-order valence-corrected chi connectivity index (χ2v) is 7.77. The van der Waals surface area contributed by atoms with E-state index >= 15 is 0 Å². The lowest BCUT2D eigenvalue weighted by Crippen LogP contribution is -2.66. The van der Waals surface area contributed by atoms with Gasteiger partial charge in [0.25, 0.3) is 0 Å². The fourth-order valence-corrected chi connectivity index (χ4v) is 6.14. The minimum atomic E-state index is -0.379. The van der Waals surface area contributed by atoms with Crippen LogP contribution in [-0.4, -0.2) is 48.5 Å². The summed E-state index contributed by atoms with van der Waals surface area (Å²) in [7, 11) is 1.70. The van der Waals surface area contributed by atoms with Gasteiger partial charge >= 0.3 is 0 Å². The summed E-state index contributed by atoms with van der Waals surface area (Å²) < 4.78 is 12.0. The summed E-state index contributed by atoms with van der Waals surface area (Å²) >= 11 is 0. The van der Waals surface area contributed by atoms with Crippen molar-refractivity contribution in [3.63, 3.8) is 0 Å². The number of hydrogen-bond donors (Lipinski definition) is 1. The van der Waals surface area contributed by atoms with E-state index in [9.17, 15) is 5.11 Å². The minimum Gasteiger partial charge on any atom is -0.493 e. The largest absolute Gasteiger partial charge is 0.493 e. The lowest BCUT2D eigenvalue weighted by atomic mass is 9.51. The predicted molar refractivity (Wildman–Crippen MR) is 91.7 cm³/mol. The molecule has 128 valence electrons. The third kappa shape index (κ3) is 1.61. The van der Waals surface area contributed by atoms with Crippen molar-refractivity contribution < 1.29 is 14.6 Å². The van der Waals surface area contributed by atoms with E-state index in [1.165, 1.54) is 11.1 Å². The summed E-state index contributed by atoms with van der Waals surface area (Å²) in [6, 6.07) is 4.78. The topological polar surface area (TPSA) is 41.9 Å². The fourth-order valence-electron chi connectivity index (χ4n) is 6.14. The molecule has 1 aromatic rings. The van der Waals surface area contributed by atoms with E-state index < -0.39 is 0 Å². The van der Waals surface area contributed by atoms with Gasteiger partial charge in [0.1, 0.15) is 6.10 Å². The molecular weight excluding hydrogens is 302 g/mol. The molecule has 0 aromatic heterocycles. The second kappa shape index (κ2) is 4.99. The Kier molecular flexibility index (Phi) is 3.08. The van der Waals surface area contributed by atoms with Crippen molar-refractivity contribution in [2.45, 2.75) is 49.3 Å². The van der Waals surface area contributed by atoms with Crippen LogP contribution < -0.4 is 9.47 Å². The van der Waals surface area contributed by atoms with E-state index in [1.807, 2.05) is 12.1 Å². The molecule has 2 bridgehead atoms. The Morgan fingerprint density at radius 1 is 1.46 bits per heavy atom. The number of hydrogen-bond acceptors (Lipinski definition) is 4. The molecule has 4 heteroatoms. The normalized spacial score (nSPS) is 39.1. The van der Waals surface area contributed by atoms with Crippen LogP contribution in [0.2, 0.25) is 0 Å². The molecule has 5 rings (SSSR count). The molecule has 1 spiro atoms. The molecule has 5 atom stereocenters. The van der Waals surface area contributed by atoms with Crippen LogP contribution in [0.1, 0.15) is 30.4 Å². The Morgan fingerprint density at radius 3 is 3.12 bits per heavy atom. The number of rotatable bonds is 3. The summed E-state index contributed by atoms with van der Waals surface area (Å²) in [4.78, 5) is 2.59. The number of piperidine rings is 1. The lowest BCUT2D eigenvalue weighted by Gasteiger charge is -2.59. The Bertz CT molecular complexity index is 702. The highest BCUT2D eigenvalue weighted by atomic mass is 16.5. The van der Waals surface area contributed by atoms with Crippen molar-refractivity contribution in [1.29, 1.82) is 0 Å². The molecule has 0 amide bonds. The average molecular weight is 327 g/mol. The highest BCUT2D eigenvalue weighted by molar-refractivity contribution is 5.61. The maximum atomic E-state index is 10.7. The third-order valence-electron chi connectivity index (χ3n) is 6.97. The monoisotopic (exact) mass is 327 g/mol. The van der Waals surface area contributed by atoms with Gasteiger partial charge in [-0.05, 0) is 49.8 Å². The SMILES string of the molecule is C=CCN1CC[C@@]23c4c5ccc(OC)c4O[C@@H]2C(O)CC[C@@H]3[C@@H]1C5. The summed E-state index contributed by atoms with van der Waals surface area (Å²) in [5, 5.41) is 10.7. The van der Waals surface area contributed by atoms with Crippen LogP contribution in [0.3, 0.4) is 0 Å². The van der Waals surface area contributed by atoms with Crippen LogP contribution >= 0.6 is 0 Å². The number of benzene rings is 1. The number of aliphatic hydroxyl groups excluding tert-OH is 1. The first kappa shape index (κ1) is 14.8. The quantitative estimate of drug-likeness (QED) is 0.865. The van der Waals surface area contributed by atoms with E-state index in [0.29, 0.717) is 12.0 Å². The molecule has 2 aliphatic heterocycles. The molecule has 1 unspecified atom stereocenters. The zero-order valence-electron chi connectivity index (χ0n) is 14.2. The molecule has 2 aliphatic carbocycles. The maximum Gasteiger partial charge on any atom is 0.165 e. The number of aliphatic hydroxyl groups is 1. The third-order valence-corrected chi connectivity index (χ3v) is 6.97. The smallest absolute Gasteiger partial charge is 0.165 e. The van der Waals surface area contributed by atoms with Crippen LogP contribution in [-0.2, 0) is 11.8 Å². The maximum absolute atomic E-state index is 10.7. The Balaban J connectivity index is 1.72. The standard InChI is InChI=1S/C20H25NO3/c1-3-9-21-10-8-20-13-5-6-15(22)19(20)24-18-16(23-2)7-4-12(17(18)20)11-14(13)21/h3-4,7,13-15,19,22H,1,5-6,8-11H2,2H3/t13-,14+,15?,19-,20-/m1/s1. The second-order valence-electron chi connectivity index (χ2n) is 7.77. The minimum absolute atomic E-state index is 0.0303. The predicted octanol–water partition coefficient (Wildman–Crippen LogP) is 2.28. The van der Waals surface area contributed by atoms with Gasteiger partial charge in [0.2, 0.25) is 0 Å². The molecule has 4 aliphatic rings. The molecule has 4 nitrogen and oxygen atoms in total. The molecule has 1 aromatic carbocycles. The van der Waals surface area contributed by atoms with Crippen molar-refractivity contribution in [2.24, 2.45) is 5.92 Å². The first-order chi connectivity index (χ1) is 11.7. The van der Waals surface area contributed by atoms with Crippen LogP contribution in [0.15, 0.2) is 24.8 Å². The fraction of sp³-hybridized carbons (Fsp3) is 0.600. The van der Waals surface area contributed by atoms with Crippen LogP contribution in [0.5, 0.6) is 11.5 Å². The van der Waals surface area contributed by atoms with Crippen LogP contribution in [0.25, 0.3) is 0 Å². The molecule has 1 saturated heterocycles. The highest BCUT2D eigenvalue weighted by Crippen LogP contribution is 2.63.